The Morgan fingerprint density at radius 1 is 1.10 bits per heavy atom. The van der Waals surface area contributed by atoms with Crippen molar-refractivity contribution in [3.8, 4) is 5.75 Å². The summed E-state index contributed by atoms with van der Waals surface area (Å²) < 4.78 is 0. The predicted molar refractivity (Wildman–Crippen MR) is 203 cm³/mol. The van der Waals surface area contributed by atoms with Gasteiger partial charge in [0.15, 0.2) is 0 Å². The van der Waals surface area contributed by atoms with Crippen LogP contribution in [-0.4, -0.2) is 93.7 Å². The third-order valence-corrected chi connectivity index (χ3v) is 12.7. The zero-order valence-corrected chi connectivity index (χ0v) is 33.2. The predicted octanol–water partition coefficient (Wildman–Crippen LogP) is 6.34. The van der Waals surface area contributed by atoms with Gasteiger partial charge in [0.05, 0.1) is 24.3 Å². The molecule has 4 aliphatic rings. The number of hydroxylamine groups is 2. The molecule has 9 atom stereocenters. The molecule has 284 valence electrons. The summed E-state index contributed by atoms with van der Waals surface area (Å²) in [7, 11) is 4.14. The highest BCUT2D eigenvalue weighted by Gasteiger charge is 2.57. The third-order valence-electron chi connectivity index (χ3n) is 12.1. The van der Waals surface area contributed by atoms with Crippen LogP contribution in [0.25, 0.3) is 0 Å². The zero-order chi connectivity index (χ0) is 37.4. The number of phenolic OH excluding ortho intramolecular Hbond substituents is 1. The van der Waals surface area contributed by atoms with E-state index in [0.717, 1.165) is 30.5 Å². The first-order valence-corrected chi connectivity index (χ1v) is 19.4. The molecular formula is C40H60Cl2N4O5. The van der Waals surface area contributed by atoms with E-state index in [-0.39, 0.29) is 30.3 Å². The normalized spacial score (nSPS) is 28.6. The minimum atomic E-state index is -0.857. The van der Waals surface area contributed by atoms with E-state index in [0.29, 0.717) is 64.3 Å². The molecule has 11 heteroatoms. The lowest BCUT2D eigenvalue weighted by Crippen LogP contribution is -2.62. The molecule has 2 bridgehead atoms. The molecule has 0 radical (unpaired) electrons. The van der Waals surface area contributed by atoms with Crippen LogP contribution in [0.2, 0.25) is 10.0 Å². The Morgan fingerprint density at radius 3 is 2.39 bits per heavy atom. The minimum Gasteiger partial charge on any atom is -0.508 e. The Hall–Kier alpha value is -1.95. The molecule has 2 aromatic carbocycles. The van der Waals surface area contributed by atoms with Crippen LogP contribution >= 0.6 is 23.2 Å². The lowest BCUT2D eigenvalue weighted by atomic mass is 9.45. The van der Waals surface area contributed by atoms with Crippen molar-refractivity contribution in [1.29, 1.82) is 0 Å². The topological polar surface area (TPSA) is 109 Å². The maximum atomic E-state index is 14.2. The van der Waals surface area contributed by atoms with Crippen molar-refractivity contribution in [2.24, 2.45) is 35.0 Å². The summed E-state index contributed by atoms with van der Waals surface area (Å²) in [4.78, 5) is 25.0. The number of likely N-dealkylation sites (N-methyl/N-ethyl adjacent to an activating group) is 1. The number of carbonyl (C=O) groups excluding carboxylic acids is 1. The lowest BCUT2D eigenvalue weighted by molar-refractivity contribution is -0.183. The number of aliphatic hydroxyl groups is 2. The van der Waals surface area contributed by atoms with Gasteiger partial charge in [-0.1, -0.05) is 82.1 Å². The summed E-state index contributed by atoms with van der Waals surface area (Å²) in [6, 6.07) is 10.9. The number of amides is 1. The number of rotatable bonds is 15. The smallest absolute Gasteiger partial charge is 0.240 e. The Labute approximate surface area is 315 Å². The summed E-state index contributed by atoms with van der Waals surface area (Å²) in [6.45, 7) is 14.9. The molecule has 9 nitrogen and oxygen atoms in total. The molecule has 51 heavy (non-hydrogen) atoms. The summed E-state index contributed by atoms with van der Waals surface area (Å²) >= 11 is 12.8. The van der Waals surface area contributed by atoms with Crippen molar-refractivity contribution < 1.29 is 25.0 Å². The molecule has 1 saturated heterocycles. The molecule has 1 heterocycles. The fourth-order valence-corrected chi connectivity index (χ4v) is 9.84. The Bertz CT molecular complexity index is 1470. The molecule has 0 aromatic heterocycles. The number of phenols is 1. The quantitative estimate of drug-likeness (QED) is 0.167. The standard InChI is InChI=1S/C40H60Cl2N4O5/c1-23(2)12-30(20-44(7)8)45(21-31-33(42)16-29(41)17-35(31)49)18-26-10-9-11-27(13-26)19-46-38(37(25(4)48)36(22-47)51-46)39(50)43-34-15-28-14-32(24(34)3)40(28,5)6/h9-11,13,16-17,23-25,28,30,32,34,36-38,47-49H,12,14-15,18-22H2,1-8H3,(H,43,50)/t24-,25-,28-,30-,32+,34-,36-,37+,38-/m0/s1. The zero-order valence-electron chi connectivity index (χ0n) is 31.7. The number of fused-ring (bicyclic) bond motifs is 2. The second-order valence-electron chi connectivity index (χ2n) is 16.9. The lowest BCUT2D eigenvalue weighted by Gasteiger charge is -2.62. The molecule has 1 amide bonds. The number of halogens is 2. The number of carbonyl (C=O) groups is 1. The molecule has 3 saturated carbocycles. The van der Waals surface area contributed by atoms with Crippen LogP contribution in [0.3, 0.4) is 0 Å². The van der Waals surface area contributed by atoms with Crippen LogP contribution in [0, 0.1) is 35.0 Å². The van der Waals surface area contributed by atoms with Gasteiger partial charge in [0.1, 0.15) is 17.9 Å². The highest BCUT2D eigenvalue weighted by atomic mass is 35.5. The van der Waals surface area contributed by atoms with E-state index in [1.807, 2.05) is 12.1 Å². The van der Waals surface area contributed by atoms with E-state index >= 15 is 0 Å². The van der Waals surface area contributed by atoms with Gasteiger partial charge >= 0.3 is 0 Å². The third kappa shape index (κ3) is 9.06. The van der Waals surface area contributed by atoms with Crippen molar-refractivity contribution in [3.05, 3.63) is 63.1 Å². The number of hydrogen-bond acceptors (Lipinski definition) is 8. The average Bonchev–Trinajstić information content (AvgIpc) is 3.40. The number of benzene rings is 2. The van der Waals surface area contributed by atoms with Gasteiger partial charge in [-0.3, -0.25) is 14.5 Å². The number of nitrogens with zero attached hydrogens (tertiary/aromatic N) is 3. The fraction of sp³-hybridized carbons (Fsp3) is 0.675. The van der Waals surface area contributed by atoms with E-state index < -0.39 is 24.2 Å². The molecule has 3 aliphatic carbocycles. The van der Waals surface area contributed by atoms with Gasteiger partial charge in [-0.25, -0.2) is 0 Å². The van der Waals surface area contributed by atoms with Crippen molar-refractivity contribution in [1.82, 2.24) is 20.2 Å². The first kappa shape index (κ1) is 40.2. The van der Waals surface area contributed by atoms with Crippen molar-refractivity contribution >= 4 is 29.1 Å². The largest absolute Gasteiger partial charge is 0.508 e. The SMILES string of the molecule is CC(C)C[C@@H](CN(C)C)N(Cc1cccc(CN2O[C@@H](CO)[C@@H]([C@H](C)O)[C@H]2C(=O)N[C@H]2C[C@@H]3C[C@H]([C@@H]2C)C3(C)C)c1)Cc1c(O)cc(Cl)cc1Cl. The van der Waals surface area contributed by atoms with Gasteiger partial charge < -0.3 is 25.5 Å². The number of nitrogens with one attached hydrogen (secondary N) is 1. The highest BCUT2D eigenvalue weighted by molar-refractivity contribution is 6.35. The van der Waals surface area contributed by atoms with Crippen molar-refractivity contribution in [2.45, 2.75) is 111 Å². The van der Waals surface area contributed by atoms with Crippen LogP contribution in [-0.2, 0) is 29.3 Å². The van der Waals surface area contributed by atoms with E-state index in [2.05, 4.69) is 76.0 Å². The van der Waals surface area contributed by atoms with E-state index in [1.54, 1.807) is 18.1 Å². The molecule has 6 rings (SSSR count). The van der Waals surface area contributed by atoms with E-state index in [9.17, 15) is 20.1 Å². The summed E-state index contributed by atoms with van der Waals surface area (Å²) in [5.41, 5.74) is 2.95. The van der Waals surface area contributed by atoms with Gasteiger partial charge in [-0.15, -0.1) is 0 Å². The van der Waals surface area contributed by atoms with Crippen LogP contribution < -0.4 is 5.32 Å². The Kier molecular flexibility index (Phi) is 13.1. The summed E-state index contributed by atoms with van der Waals surface area (Å²) in [6.07, 6.45) is 1.57. The minimum absolute atomic E-state index is 0.0720. The fourth-order valence-electron chi connectivity index (χ4n) is 9.29. The van der Waals surface area contributed by atoms with Gasteiger partial charge in [0.2, 0.25) is 5.91 Å². The van der Waals surface area contributed by atoms with Gasteiger partial charge in [-0.05, 0) is 92.6 Å². The van der Waals surface area contributed by atoms with Gasteiger partial charge in [0.25, 0.3) is 0 Å². The molecule has 0 unspecified atom stereocenters. The highest BCUT2D eigenvalue weighted by Crippen LogP contribution is 2.61. The molecule has 0 spiro atoms. The Balaban J connectivity index is 1.38. The van der Waals surface area contributed by atoms with Crippen LogP contribution in [0.5, 0.6) is 5.75 Å². The molecule has 1 aliphatic heterocycles. The van der Waals surface area contributed by atoms with Crippen molar-refractivity contribution in [3.63, 3.8) is 0 Å². The van der Waals surface area contributed by atoms with Gasteiger partial charge in [0, 0.05) is 48.2 Å². The Morgan fingerprint density at radius 2 is 1.80 bits per heavy atom. The first-order valence-electron chi connectivity index (χ1n) is 18.7. The molecule has 4 fully saturated rings. The monoisotopic (exact) mass is 746 g/mol. The summed E-state index contributed by atoms with van der Waals surface area (Å²) in [5, 5.41) is 37.9. The average molecular weight is 748 g/mol. The van der Waals surface area contributed by atoms with E-state index in [4.69, 9.17) is 28.0 Å². The van der Waals surface area contributed by atoms with Crippen LogP contribution in [0.15, 0.2) is 36.4 Å². The van der Waals surface area contributed by atoms with Crippen LogP contribution in [0.4, 0.5) is 0 Å². The number of aliphatic hydroxyl groups excluding tert-OH is 2. The van der Waals surface area contributed by atoms with Gasteiger partial charge in [-0.2, -0.15) is 5.06 Å². The second-order valence-corrected chi connectivity index (χ2v) is 17.7. The van der Waals surface area contributed by atoms with Crippen molar-refractivity contribution in [2.75, 3.05) is 27.2 Å². The second kappa shape index (κ2) is 16.6. The molecule has 4 N–H and O–H groups in total. The van der Waals surface area contributed by atoms with E-state index in [1.165, 1.54) is 12.5 Å². The maximum absolute atomic E-state index is 14.2. The molecule has 2 aromatic rings. The number of hydrogen-bond donors (Lipinski definition) is 4. The first-order chi connectivity index (χ1) is 24.0. The molecular weight excluding hydrogens is 687 g/mol. The summed E-state index contributed by atoms with van der Waals surface area (Å²) in [5.74, 6) is 1.31. The van der Waals surface area contributed by atoms with Crippen LogP contribution in [0.1, 0.15) is 77.5 Å². The number of aromatic hydroxyl groups is 1. The maximum Gasteiger partial charge on any atom is 0.240 e.